The Labute approximate surface area is 70.1 Å². The highest BCUT2D eigenvalue weighted by Gasteiger charge is 2.08. The van der Waals surface area contributed by atoms with Gasteiger partial charge in [0.1, 0.15) is 6.07 Å². The third kappa shape index (κ3) is 1.18. The minimum atomic E-state index is 0.117. The van der Waals surface area contributed by atoms with Gasteiger partial charge in [0.05, 0.1) is 5.69 Å². The maximum absolute atomic E-state index is 8.53. The number of nitrogens with two attached hydrogens (primary N) is 1. The van der Waals surface area contributed by atoms with Gasteiger partial charge < -0.3 is 10.6 Å². The molecule has 2 N–H and O–H groups in total. The molecule has 0 aliphatic carbocycles. The summed E-state index contributed by atoms with van der Waals surface area (Å²) in [6, 6.07) is 3.40. The highest BCUT2D eigenvalue weighted by Crippen LogP contribution is 2.19. The third-order valence-corrected chi connectivity index (χ3v) is 1.43. The number of anilines is 1. The zero-order valence-electron chi connectivity index (χ0n) is 6.50. The molecular formula is C8H6N4. The summed E-state index contributed by atoms with van der Waals surface area (Å²) in [5.74, 6) is 0.237. The van der Waals surface area contributed by atoms with Crippen LogP contribution in [0.5, 0.6) is 0 Å². The SMILES string of the molecule is [C-]#[N+]c1nc(C#N)c(N)cc1C. The Morgan fingerprint density at radius 2 is 2.42 bits per heavy atom. The number of pyridine rings is 1. The minimum Gasteiger partial charge on any atom is -0.395 e. The van der Waals surface area contributed by atoms with Crippen molar-refractivity contribution in [2.24, 2.45) is 0 Å². The van der Waals surface area contributed by atoms with Crippen molar-refractivity contribution in [1.29, 1.82) is 5.26 Å². The molecule has 0 bridgehead atoms. The Balaban J connectivity index is 3.42. The molecule has 4 heteroatoms. The smallest absolute Gasteiger partial charge is 0.274 e. The Bertz CT molecular complexity index is 359. The summed E-state index contributed by atoms with van der Waals surface area (Å²) in [5.41, 5.74) is 6.60. The second kappa shape index (κ2) is 2.89. The van der Waals surface area contributed by atoms with Crippen LogP contribution in [0.3, 0.4) is 0 Å². The molecule has 0 unspecified atom stereocenters. The van der Waals surface area contributed by atoms with E-state index in [1.54, 1.807) is 13.0 Å². The van der Waals surface area contributed by atoms with E-state index in [0.29, 0.717) is 11.3 Å². The number of nitriles is 1. The summed E-state index contributed by atoms with van der Waals surface area (Å²) in [5, 5.41) is 8.53. The zero-order chi connectivity index (χ0) is 9.14. The van der Waals surface area contributed by atoms with E-state index >= 15 is 0 Å². The van der Waals surface area contributed by atoms with Crippen molar-refractivity contribution in [2.45, 2.75) is 6.92 Å². The van der Waals surface area contributed by atoms with Crippen LogP contribution in [0.25, 0.3) is 4.85 Å². The van der Waals surface area contributed by atoms with Gasteiger partial charge in [0.25, 0.3) is 11.5 Å². The summed E-state index contributed by atoms with van der Waals surface area (Å²) in [6.45, 7) is 8.47. The van der Waals surface area contributed by atoms with E-state index in [0.717, 1.165) is 0 Å². The van der Waals surface area contributed by atoms with E-state index in [1.165, 1.54) is 0 Å². The molecule has 0 aliphatic rings. The first-order valence-electron chi connectivity index (χ1n) is 3.23. The first-order chi connectivity index (χ1) is 5.69. The van der Waals surface area contributed by atoms with Gasteiger partial charge in [0.15, 0.2) is 0 Å². The van der Waals surface area contributed by atoms with Crippen molar-refractivity contribution in [3.05, 3.63) is 28.7 Å². The van der Waals surface area contributed by atoms with Gasteiger partial charge in [-0.1, -0.05) is 6.57 Å². The monoisotopic (exact) mass is 158 g/mol. The Morgan fingerprint density at radius 3 is 2.92 bits per heavy atom. The van der Waals surface area contributed by atoms with Crippen molar-refractivity contribution in [3.63, 3.8) is 0 Å². The van der Waals surface area contributed by atoms with E-state index in [-0.39, 0.29) is 11.5 Å². The zero-order valence-corrected chi connectivity index (χ0v) is 6.50. The van der Waals surface area contributed by atoms with Crippen LogP contribution in [0.4, 0.5) is 11.5 Å². The molecule has 0 aromatic carbocycles. The van der Waals surface area contributed by atoms with E-state index in [2.05, 4.69) is 9.83 Å². The summed E-state index contributed by atoms with van der Waals surface area (Å²) < 4.78 is 0. The van der Waals surface area contributed by atoms with E-state index in [4.69, 9.17) is 17.6 Å². The van der Waals surface area contributed by atoms with Gasteiger partial charge in [-0.05, 0) is 18.6 Å². The lowest BCUT2D eigenvalue weighted by molar-refractivity contribution is 1.25. The molecule has 0 spiro atoms. The van der Waals surface area contributed by atoms with Gasteiger partial charge in [0, 0.05) is 0 Å². The number of nitrogens with zero attached hydrogens (tertiary/aromatic N) is 3. The molecule has 1 heterocycles. The summed E-state index contributed by atoms with van der Waals surface area (Å²) in [4.78, 5) is 6.92. The molecular weight excluding hydrogens is 152 g/mol. The fourth-order valence-electron chi connectivity index (χ4n) is 0.828. The molecule has 1 aromatic rings. The minimum absolute atomic E-state index is 0.117. The van der Waals surface area contributed by atoms with Gasteiger partial charge in [-0.2, -0.15) is 5.26 Å². The summed E-state index contributed by atoms with van der Waals surface area (Å²) >= 11 is 0. The third-order valence-electron chi connectivity index (χ3n) is 1.43. The lowest BCUT2D eigenvalue weighted by Crippen LogP contribution is -1.94. The first kappa shape index (κ1) is 8.03. The average molecular weight is 158 g/mol. The van der Waals surface area contributed by atoms with Gasteiger partial charge in [-0.3, -0.25) is 0 Å². The lowest BCUT2D eigenvalue weighted by atomic mass is 10.2. The number of rotatable bonds is 0. The number of nitrogen functional groups attached to an aromatic ring is 1. The first-order valence-corrected chi connectivity index (χ1v) is 3.23. The second-order valence-corrected chi connectivity index (χ2v) is 2.29. The van der Waals surface area contributed by atoms with Crippen molar-refractivity contribution in [1.82, 2.24) is 4.98 Å². The van der Waals surface area contributed by atoms with Crippen LogP contribution >= 0.6 is 0 Å². The quantitative estimate of drug-likeness (QED) is 0.580. The van der Waals surface area contributed by atoms with Crippen LogP contribution in [0.1, 0.15) is 11.3 Å². The molecule has 0 radical (unpaired) electrons. The topological polar surface area (TPSA) is 67.1 Å². The largest absolute Gasteiger partial charge is 0.395 e. The standard InChI is InChI=1S/C8H6N4/c1-5-3-6(10)7(4-9)12-8(5)11-2/h3H,10H2,1H3. The Hall–Kier alpha value is -2.07. The van der Waals surface area contributed by atoms with Gasteiger partial charge in [-0.25, -0.2) is 0 Å². The normalized spacial score (nSPS) is 8.58. The fraction of sp³-hybridized carbons (Fsp3) is 0.125. The van der Waals surface area contributed by atoms with Crippen molar-refractivity contribution in [2.75, 3.05) is 5.73 Å². The molecule has 1 aromatic heterocycles. The highest BCUT2D eigenvalue weighted by atomic mass is 14.9. The van der Waals surface area contributed by atoms with E-state index < -0.39 is 0 Å². The Kier molecular flexibility index (Phi) is 1.94. The molecule has 0 saturated heterocycles. The molecule has 12 heavy (non-hydrogen) atoms. The summed E-state index contributed by atoms with van der Waals surface area (Å²) in [7, 11) is 0. The van der Waals surface area contributed by atoms with E-state index in [1.807, 2.05) is 6.07 Å². The lowest BCUT2D eigenvalue weighted by Gasteiger charge is -1.97. The van der Waals surface area contributed by atoms with Crippen molar-refractivity contribution >= 4 is 11.5 Å². The molecule has 58 valence electrons. The molecule has 0 fully saturated rings. The maximum atomic E-state index is 8.53. The van der Waals surface area contributed by atoms with E-state index in [9.17, 15) is 0 Å². The molecule has 0 aliphatic heterocycles. The maximum Gasteiger partial charge on any atom is 0.274 e. The summed E-state index contributed by atoms with van der Waals surface area (Å²) in [6.07, 6.45) is 0. The molecule has 4 nitrogen and oxygen atoms in total. The van der Waals surface area contributed by atoms with Crippen molar-refractivity contribution in [3.8, 4) is 6.07 Å². The molecule has 0 saturated carbocycles. The fourth-order valence-corrected chi connectivity index (χ4v) is 0.828. The van der Waals surface area contributed by atoms with Crippen LogP contribution in [0.2, 0.25) is 0 Å². The number of aromatic nitrogens is 1. The number of hydrogen-bond donors (Lipinski definition) is 1. The second-order valence-electron chi connectivity index (χ2n) is 2.29. The molecule has 0 amide bonds. The highest BCUT2D eigenvalue weighted by molar-refractivity contribution is 5.59. The van der Waals surface area contributed by atoms with Crippen molar-refractivity contribution < 1.29 is 0 Å². The van der Waals surface area contributed by atoms with Crippen LogP contribution < -0.4 is 5.73 Å². The van der Waals surface area contributed by atoms with Gasteiger partial charge in [-0.15, -0.1) is 4.98 Å². The van der Waals surface area contributed by atoms with Gasteiger partial charge >= 0.3 is 0 Å². The van der Waals surface area contributed by atoms with Gasteiger partial charge in [0.2, 0.25) is 0 Å². The predicted octanol–water partition coefficient (Wildman–Crippen LogP) is 1.39. The number of hydrogen-bond acceptors (Lipinski definition) is 3. The van der Waals surface area contributed by atoms with Crippen LogP contribution in [-0.2, 0) is 0 Å². The van der Waals surface area contributed by atoms with Crippen LogP contribution in [-0.4, -0.2) is 4.98 Å². The predicted molar refractivity (Wildman–Crippen MR) is 44.4 cm³/mol. The molecule has 0 atom stereocenters. The van der Waals surface area contributed by atoms with Crippen LogP contribution in [0, 0.1) is 24.8 Å². The average Bonchev–Trinajstić information content (AvgIpc) is 2.05. The molecule has 1 rings (SSSR count). The van der Waals surface area contributed by atoms with Crippen LogP contribution in [0.15, 0.2) is 6.07 Å². The Morgan fingerprint density at radius 1 is 1.75 bits per heavy atom. The number of aryl methyl sites for hydroxylation is 1.